The van der Waals surface area contributed by atoms with Crippen LogP contribution in [0.4, 0.5) is 68.2 Å². The van der Waals surface area contributed by atoms with Crippen LogP contribution in [0, 0.1) is 13.8 Å². The lowest BCUT2D eigenvalue weighted by Crippen LogP contribution is -2.62. The minimum atomic E-state index is -0.211. The summed E-state index contributed by atoms with van der Waals surface area (Å²) in [6.45, 7) is 62.7. The van der Waals surface area contributed by atoms with E-state index < -0.39 is 0 Å². The summed E-state index contributed by atoms with van der Waals surface area (Å²) >= 11 is 0. The van der Waals surface area contributed by atoms with Crippen LogP contribution < -0.4 is 36.0 Å². The molecular formula is C130H145BN4. The first-order valence-electron chi connectivity index (χ1n) is 50.5. The molecule has 0 atom stereocenters. The predicted octanol–water partition coefficient (Wildman–Crippen LogP) is 33.7. The minimum absolute atomic E-state index is 0.0278. The molecule has 0 aromatic heterocycles. The van der Waals surface area contributed by atoms with E-state index >= 15 is 0 Å². The Labute approximate surface area is 811 Å². The number of aryl methyl sites for hydroxylation is 2. The van der Waals surface area contributed by atoms with Gasteiger partial charge in [-0.3, -0.25) is 0 Å². The summed E-state index contributed by atoms with van der Waals surface area (Å²) in [4.78, 5) is 10.3. The van der Waals surface area contributed by atoms with Crippen molar-refractivity contribution >= 4 is 91.3 Å². The largest absolute Gasteiger partial charge is 0.311 e. The van der Waals surface area contributed by atoms with E-state index in [0.29, 0.717) is 0 Å². The Balaban J connectivity index is 0.000000173. The molecule has 20 rings (SSSR count). The Morgan fingerprint density at radius 3 is 0.874 bits per heavy atom. The van der Waals surface area contributed by atoms with Crippen LogP contribution in [0.25, 0.3) is 0 Å². The molecule has 14 aromatic rings. The van der Waals surface area contributed by atoms with Crippen molar-refractivity contribution in [1.29, 1.82) is 0 Å². The first-order chi connectivity index (χ1) is 63.7. The molecule has 0 spiro atoms. The van der Waals surface area contributed by atoms with Gasteiger partial charge in [-0.25, -0.2) is 0 Å². The fourth-order valence-electron chi connectivity index (χ4n) is 24.4. The van der Waals surface area contributed by atoms with E-state index in [1.165, 1.54) is 213 Å². The van der Waals surface area contributed by atoms with Crippen molar-refractivity contribution < 1.29 is 0 Å². The first kappa shape index (κ1) is 92.4. The quantitative estimate of drug-likeness (QED) is 0.0894. The summed E-state index contributed by atoms with van der Waals surface area (Å²) in [5.74, 6) is 0. The Hall–Kier alpha value is -11.7. The van der Waals surface area contributed by atoms with Crippen LogP contribution in [0.1, 0.15) is 318 Å². The lowest BCUT2D eigenvalue weighted by molar-refractivity contribution is 0.332. The van der Waals surface area contributed by atoms with E-state index in [1.807, 2.05) is 0 Å². The number of fused-ring (bicyclic) bond motifs is 8. The monoisotopic (exact) mass is 1770 g/mol. The number of hydrogen-bond acceptors (Lipinski definition) is 4. The maximum absolute atomic E-state index is 2.69. The Bertz CT molecular complexity index is 6680. The fraction of sp³-hybridized carbons (Fsp3) is 0.354. The molecule has 14 aromatic carbocycles. The van der Waals surface area contributed by atoms with Crippen LogP contribution in [0.2, 0.25) is 0 Å². The minimum Gasteiger partial charge on any atom is -0.311 e. The SMILES string of the molecule is Cc1cc(N(c2ccc(C(C)(C)c3ccccc3)cc2)c2ccc(C(C)(C)c3ccccc3)cc2)cc(N(c2ccc3c(c2)C(C)(C)CCC3(C)C)c2ccc3c(c2)C(C)(C)CCC3(C)C)c1.Cc1cc2c3c(c1)N(c1ccc4c(c1)C(C)(C)CCC4(C)C)c1cc4c(cc1B3c1cc(C(C)(C)c3ccccc3)ccc1N2c1ccc(C(C)(C)c2ccccc2)cc1)C(C)(C)CCC4(C)C. The molecule has 6 aliphatic rings. The molecule has 0 bridgehead atoms. The number of anilines is 12. The van der Waals surface area contributed by atoms with E-state index in [2.05, 4.69) is 509 Å². The van der Waals surface area contributed by atoms with Gasteiger partial charge in [-0.15, -0.1) is 0 Å². The number of nitrogens with zero attached hydrogens (tertiary/aromatic N) is 4. The highest BCUT2D eigenvalue weighted by atomic mass is 15.2. The standard InChI is InChI=1S/C65H71BN2.C65H74N2/c1-42-36-57-59-58(37-42)68(48-29-30-49-50(39-48)61(4,5)33-32-60(49,2)3)56-41-52-51(62(6,7)34-35-63(52,8)9)40-54(56)66(59)53-38-46(65(12,13)44-22-18-15-19-23-44)26-31-55(53)67(57)47-27-24-45(25-28-47)64(10,11)43-20-16-14-17-21-43;1-45-40-54(66(50-28-24-48(25-29-50)64(10,11)46-20-16-14-17-21-46)51-30-26-49(27-31-51)65(12,13)47-22-18-15-19-23-47)42-55(41-45)67(52-32-34-56-58(43-52)62(6,7)38-36-60(56,2)3)53-33-35-57-59(44-53)63(8,9)39-37-61(57,4)5/h14-31,36-41H,32-35H2,1-13H3;14-35,40-44H,36-39H2,1-13H3. The lowest BCUT2D eigenvalue weighted by atomic mass is 9.33. The molecule has 0 fully saturated rings. The van der Waals surface area contributed by atoms with E-state index in [-0.39, 0.29) is 71.7 Å². The fourth-order valence-corrected chi connectivity index (χ4v) is 24.4. The second-order valence-electron chi connectivity index (χ2n) is 48.6. The molecule has 135 heavy (non-hydrogen) atoms. The zero-order chi connectivity index (χ0) is 95.7. The topological polar surface area (TPSA) is 13.0 Å². The van der Waals surface area contributed by atoms with Crippen molar-refractivity contribution in [2.24, 2.45) is 0 Å². The van der Waals surface area contributed by atoms with Crippen molar-refractivity contribution in [2.45, 2.75) is 296 Å². The van der Waals surface area contributed by atoms with Gasteiger partial charge < -0.3 is 19.6 Å². The highest BCUT2D eigenvalue weighted by molar-refractivity contribution is 7.00. The van der Waals surface area contributed by atoms with Crippen molar-refractivity contribution in [3.05, 3.63) is 410 Å². The molecule has 0 N–H and O–H groups in total. The third-order valence-electron chi connectivity index (χ3n) is 34.3. The average molecular weight is 1770 g/mol. The van der Waals surface area contributed by atoms with Crippen LogP contribution in [0.3, 0.4) is 0 Å². The molecule has 0 unspecified atom stereocenters. The van der Waals surface area contributed by atoms with Gasteiger partial charge in [0, 0.05) is 89.9 Å². The molecule has 0 saturated carbocycles. The lowest BCUT2D eigenvalue weighted by Gasteiger charge is -2.48. The Morgan fingerprint density at radius 2 is 0.489 bits per heavy atom. The summed E-state index contributed by atoms with van der Waals surface area (Å²) < 4.78 is 0. The summed E-state index contributed by atoms with van der Waals surface area (Å²) in [5, 5.41) is 0. The molecular weight excluding hydrogens is 1630 g/mol. The second-order valence-corrected chi connectivity index (χ2v) is 48.6. The van der Waals surface area contributed by atoms with Gasteiger partial charge in [0.1, 0.15) is 0 Å². The number of rotatable bonds is 16. The van der Waals surface area contributed by atoms with Crippen molar-refractivity contribution in [1.82, 2.24) is 0 Å². The summed E-state index contributed by atoms with van der Waals surface area (Å²) in [7, 11) is 0. The molecule has 4 aliphatic carbocycles. The average Bonchev–Trinajstić information content (AvgIpc) is 0.685. The predicted molar refractivity (Wildman–Crippen MR) is 581 cm³/mol. The highest BCUT2D eigenvalue weighted by Crippen LogP contribution is 2.57. The first-order valence-corrected chi connectivity index (χ1v) is 50.5. The van der Waals surface area contributed by atoms with E-state index in [1.54, 1.807) is 0 Å². The van der Waals surface area contributed by atoms with Crippen LogP contribution in [-0.2, 0) is 65.0 Å². The van der Waals surface area contributed by atoms with Gasteiger partial charge in [-0.1, -0.05) is 360 Å². The van der Waals surface area contributed by atoms with Gasteiger partial charge in [-0.05, 0) is 340 Å². The van der Waals surface area contributed by atoms with Crippen LogP contribution >= 0.6 is 0 Å². The van der Waals surface area contributed by atoms with Crippen LogP contribution in [-0.4, -0.2) is 6.71 Å². The zero-order valence-corrected chi connectivity index (χ0v) is 86.0. The van der Waals surface area contributed by atoms with Gasteiger partial charge in [-0.2, -0.15) is 0 Å². The van der Waals surface area contributed by atoms with Gasteiger partial charge in [0.2, 0.25) is 0 Å². The molecule has 0 amide bonds. The maximum atomic E-state index is 2.69. The summed E-state index contributed by atoms with van der Waals surface area (Å²) in [5.41, 5.74) is 43.7. The normalized spacial score (nSPS) is 17.6. The Kier molecular flexibility index (Phi) is 22.6. The molecule has 2 heterocycles. The third kappa shape index (κ3) is 16.2. The van der Waals surface area contributed by atoms with Gasteiger partial charge in [0.15, 0.2) is 0 Å². The summed E-state index contributed by atoms with van der Waals surface area (Å²) in [6.07, 6.45) is 9.46. The molecule has 0 radical (unpaired) electrons. The molecule has 688 valence electrons. The van der Waals surface area contributed by atoms with E-state index in [0.717, 1.165) is 22.7 Å². The van der Waals surface area contributed by atoms with Crippen LogP contribution in [0.5, 0.6) is 0 Å². The van der Waals surface area contributed by atoms with Crippen molar-refractivity contribution in [2.75, 3.05) is 19.6 Å². The number of hydrogen-bond donors (Lipinski definition) is 0. The zero-order valence-electron chi connectivity index (χ0n) is 86.0. The van der Waals surface area contributed by atoms with Crippen molar-refractivity contribution in [3.8, 4) is 0 Å². The van der Waals surface area contributed by atoms with E-state index in [9.17, 15) is 0 Å². The Morgan fingerprint density at radius 1 is 0.215 bits per heavy atom. The molecule has 0 saturated heterocycles. The summed E-state index contributed by atoms with van der Waals surface area (Å²) in [6, 6.07) is 119. The van der Waals surface area contributed by atoms with Crippen molar-refractivity contribution in [3.63, 3.8) is 0 Å². The third-order valence-corrected chi connectivity index (χ3v) is 34.3. The molecule has 2 aliphatic heterocycles. The smallest absolute Gasteiger partial charge is 0.252 e. The van der Waals surface area contributed by atoms with Gasteiger partial charge in [0.25, 0.3) is 6.71 Å². The maximum Gasteiger partial charge on any atom is 0.252 e. The van der Waals surface area contributed by atoms with E-state index in [4.69, 9.17) is 0 Å². The van der Waals surface area contributed by atoms with Gasteiger partial charge >= 0.3 is 0 Å². The van der Waals surface area contributed by atoms with Gasteiger partial charge in [0.05, 0.1) is 0 Å². The van der Waals surface area contributed by atoms with Crippen LogP contribution in [0.15, 0.2) is 309 Å². The number of benzene rings is 14. The second kappa shape index (κ2) is 33.1. The molecule has 5 heteroatoms. The highest BCUT2D eigenvalue weighted by Gasteiger charge is 2.50. The molecule has 4 nitrogen and oxygen atoms in total.